The van der Waals surface area contributed by atoms with Crippen LogP contribution in [0.4, 0.5) is 0 Å². The minimum absolute atomic E-state index is 0.0691. The summed E-state index contributed by atoms with van der Waals surface area (Å²) in [4.78, 5) is 26.1. The molecular formula is C20H14ClN5O5S. The molecule has 5 aromatic rings. The van der Waals surface area contributed by atoms with Crippen molar-refractivity contribution in [2.45, 2.75) is 9.79 Å². The van der Waals surface area contributed by atoms with E-state index in [2.05, 4.69) is 10.1 Å². The monoisotopic (exact) mass is 471 g/mol. The molecule has 2 aromatic carbocycles. The number of rotatable bonds is 3. The zero-order valence-corrected chi connectivity index (χ0v) is 17.9. The molecular weight excluding hydrogens is 458 g/mol. The highest BCUT2D eigenvalue weighted by Gasteiger charge is 2.25. The molecule has 0 spiro atoms. The predicted molar refractivity (Wildman–Crippen MR) is 117 cm³/mol. The summed E-state index contributed by atoms with van der Waals surface area (Å²) in [5, 5.41) is 14.3. The molecule has 5 rings (SSSR count). The summed E-state index contributed by atoms with van der Waals surface area (Å²) in [6.07, 6.45) is 5.30. The van der Waals surface area contributed by atoms with Gasteiger partial charge in [0, 0.05) is 24.8 Å². The van der Waals surface area contributed by atoms with E-state index in [1.807, 2.05) is 30.1 Å². The fraction of sp³-hybridized carbons (Fsp3) is 0.0500. The lowest BCUT2D eigenvalue weighted by molar-refractivity contribution is 0.162. The van der Waals surface area contributed by atoms with E-state index in [-0.39, 0.29) is 30.4 Å². The number of nitrogens with one attached hydrogen (secondary N) is 1. The van der Waals surface area contributed by atoms with Gasteiger partial charge < -0.3 is 14.8 Å². The van der Waals surface area contributed by atoms with Gasteiger partial charge in [-0.05, 0) is 36.4 Å². The standard InChI is InChI=1S/C20H14ClN5O5S/c1-24-7-6-12(10-24)25-15-8-13(3-2-11(15)9-22-25)32(30,31)16-5-4-14(21)17-18(16)23-20(28)26(29)19(17)27/h2-10,29H,1H3,(H,23,28). The van der Waals surface area contributed by atoms with Crippen LogP contribution in [-0.2, 0) is 16.9 Å². The Bertz CT molecular complexity index is 1780. The highest BCUT2D eigenvalue weighted by atomic mass is 35.5. The maximum atomic E-state index is 13.5. The van der Waals surface area contributed by atoms with Crippen molar-refractivity contribution in [1.29, 1.82) is 0 Å². The molecule has 0 unspecified atom stereocenters. The van der Waals surface area contributed by atoms with Crippen molar-refractivity contribution >= 4 is 43.2 Å². The zero-order chi connectivity index (χ0) is 22.8. The van der Waals surface area contributed by atoms with E-state index < -0.39 is 21.1 Å². The van der Waals surface area contributed by atoms with E-state index in [0.29, 0.717) is 5.52 Å². The molecule has 10 nitrogen and oxygen atoms in total. The number of aromatic nitrogens is 5. The van der Waals surface area contributed by atoms with Crippen molar-refractivity contribution in [3.8, 4) is 5.69 Å². The van der Waals surface area contributed by atoms with Crippen LogP contribution in [0.15, 0.2) is 74.4 Å². The summed E-state index contributed by atoms with van der Waals surface area (Å²) in [5.41, 5.74) is -1.28. The van der Waals surface area contributed by atoms with Crippen LogP contribution < -0.4 is 11.2 Å². The van der Waals surface area contributed by atoms with E-state index in [1.165, 1.54) is 24.3 Å². The lowest BCUT2D eigenvalue weighted by Crippen LogP contribution is -2.33. The Morgan fingerprint density at radius 1 is 1.12 bits per heavy atom. The van der Waals surface area contributed by atoms with E-state index in [1.54, 1.807) is 16.9 Å². The third-order valence-electron chi connectivity index (χ3n) is 5.15. The van der Waals surface area contributed by atoms with Crippen LogP contribution >= 0.6 is 11.6 Å². The van der Waals surface area contributed by atoms with Gasteiger partial charge >= 0.3 is 5.69 Å². The van der Waals surface area contributed by atoms with Gasteiger partial charge in [-0.15, -0.1) is 0 Å². The fourth-order valence-electron chi connectivity index (χ4n) is 3.59. The van der Waals surface area contributed by atoms with Crippen LogP contribution in [0.3, 0.4) is 0 Å². The molecule has 0 atom stereocenters. The third-order valence-corrected chi connectivity index (χ3v) is 7.26. The Morgan fingerprint density at radius 2 is 1.91 bits per heavy atom. The Kier molecular flexibility index (Phi) is 4.29. The molecule has 0 aliphatic heterocycles. The SMILES string of the molecule is Cn1ccc(-n2ncc3ccc(S(=O)(=O)c4ccc(Cl)c5c(=O)n(O)c(=O)[nH]c45)cc32)c1. The molecule has 2 N–H and O–H groups in total. The van der Waals surface area contributed by atoms with E-state index in [4.69, 9.17) is 11.6 Å². The van der Waals surface area contributed by atoms with Gasteiger partial charge in [0.2, 0.25) is 9.84 Å². The first-order valence-corrected chi connectivity index (χ1v) is 11.1. The third kappa shape index (κ3) is 2.86. The molecule has 0 fully saturated rings. The van der Waals surface area contributed by atoms with Crippen molar-refractivity contribution in [3.05, 3.63) is 80.8 Å². The van der Waals surface area contributed by atoms with E-state index in [0.717, 1.165) is 11.1 Å². The Morgan fingerprint density at radius 3 is 2.62 bits per heavy atom. The van der Waals surface area contributed by atoms with Gasteiger partial charge in [0.15, 0.2) is 0 Å². The highest BCUT2D eigenvalue weighted by molar-refractivity contribution is 7.91. The largest absolute Gasteiger partial charge is 0.421 e. The molecule has 3 heterocycles. The van der Waals surface area contributed by atoms with Gasteiger partial charge in [-0.25, -0.2) is 17.9 Å². The second-order valence-electron chi connectivity index (χ2n) is 7.16. The van der Waals surface area contributed by atoms with Crippen LogP contribution in [-0.4, -0.2) is 37.7 Å². The second-order valence-corrected chi connectivity index (χ2v) is 9.48. The maximum absolute atomic E-state index is 13.5. The van der Waals surface area contributed by atoms with Crippen molar-refractivity contribution in [1.82, 2.24) is 24.1 Å². The number of H-pyrrole nitrogens is 1. The molecule has 3 aromatic heterocycles. The highest BCUT2D eigenvalue weighted by Crippen LogP contribution is 2.31. The number of fused-ring (bicyclic) bond motifs is 2. The number of aryl methyl sites for hydroxylation is 1. The molecule has 0 radical (unpaired) electrons. The number of hydrogen-bond donors (Lipinski definition) is 2. The van der Waals surface area contributed by atoms with Gasteiger partial charge in [-0.3, -0.25) is 4.79 Å². The molecule has 32 heavy (non-hydrogen) atoms. The molecule has 0 bridgehead atoms. The molecule has 0 amide bonds. The lowest BCUT2D eigenvalue weighted by atomic mass is 10.2. The molecule has 0 aliphatic carbocycles. The summed E-state index contributed by atoms with van der Waals surface area (Å²) in [5.74, 6) is 0. The number of aromatic amines is 1. The first kappa shape index (κ1) is 20.1. The quantitative estimate of drug-likeness (QED) is 0.387. The smallest absolute Gasteiger partial charge is 0.362 e. The first-order valence-electron chi connectivity index (χ1n) is 9.20. The minimum atomic E-state index is -4.20. The number of nitrogens with zero attached hydrogens (tertiary/aromatic N) is 4. The van der Waals surface area contributed by atoms with Crippen molar-refractivity contribution in [2.24, 2.45) is 7.05 Å². The Hall–Kier alpha value is -3.83. The summed E-state index contributed by atoms with van der Waals surface area (Å²) in [7, 11) is -2.34. The van der Waals surface area contributed by atoms with Crippen LogP contribution in [0.5, 0.6) is 0 Å². The van der Waals surface area contributed by atoms with Crippen LogP contribution in [0.2, 0.25) is 5.02 Å². The van der Waals surface area contributed by atoms with Crippen LogP contribution in [0.25, 0.3) is 27.5 Å². The van der Waals surface area contributed by atoms with Crippen molar-refractivity contribution in [2.75, 3.05) is 0 Å². The van der Waals surface area contributed by atoms with Gasteiger partial charge in [-0.1, -0.05) is 16.3 Å². The van der Waals surface area contributed by atoms with Gasteiger partial charge in [0.1, 0.15) is 0 Å². The predicted octanol–water partition coefficient (Wildman–Crippen LogP) is 2.09. The van der Waals surface area contributed by atoms with E-state index in [9.17, 15) is 23.2 Å². The van der Waals surface area contributed by atoms with Crippen molar-refractivity contribution in [3.63, 3.8) is 0 Å². The molecule has 0 saturated heterocycles. The van der Waals surface area contributed by atoms with Gasteiger partial charge in [0.05, 0.1) is 43.1 Å². The van der Waals surface area contributed by atoms with Crippen LogP contribution in [0, 0.1) is 0 Å². The number of halogens is 1. The summed E-state index contributed by atoms with van der Waals surface area (Å²) in [6.45, 7) is 0. The number of benzene rings is 2. The minimum Gasteiger partial charge on any atom is -0.421 e. The van der Waals surface area contributed by atoms with E-state index >= 15 is 0 Å². The summed E-state index contributed by atoms with van der Waals surface area (Å²) >= 11 is 6.05. The number of hydrogen-bond acceptors (Lipinski definition) is 6. The Balaban J connectivity index is 1.77. The average molecular weight is 472 g/mol. The fourth-order valence-corrected chi connectivity index (χ4v) is 5.26. The normalized spacial score (nSPS) is 12.1. The summed E-state index contributed by atoms with van der Waals surface area (Å²) < 4.78 is 30.3. The molecule has 0 saturated carbocycles. The maximum Gasteiger partial charge on any atom is 0.362 e. The van der Waals surface area contributed by atoms with Crippen LogP contribution in [0.1, 0.15) is 0 Å². The number of sulfone groups is 1. The topological polar surface area (TPSA) is 132 Å². The lowest BCUT2D eigenvalue weighted by Gasteiger charge is -2.10. The molecule has 0 aliphatic rings. The second kappa shape index (κ2) is 6.84. The first-order chi connectivity index (χ1) is 15.2. The zero-order valence-electron chi connectivity index (χ0n) is 16.4. The Labute approximate surface area is 184 Å². The van der Waals surface area contributed by atoms with Crippen molar-refractivity contribution < 1.29 is 13.6 Å². The van der Waals surface area contributed by atoms with Gasteiger partial charge in [-0.2, -0.15) is 5.10 Å². The summed E-state index contributed by atoms with van der Waals surface area (Å²) in [6, 6.07) is 8.77. The van der Waals surface area contributed by atoms with Gasteiger partial charge in [0.25, 0.3) is 5.56 Å². The molecule has 162 valence electrons. The average Bonchev–Trinajstić information content (AvgIpc) is 3.37. The molecule has 12 heteroatoms.